The first kappa shape index (κ1) is 18.0. The molecule has 4 nitrogen and oxygen atoms in total. The average molecular weight is 377 g/mol. The largest absolute Gasteiger partial charge is 0.344 e. The van der Waals surface area contributed by atoms with E-state index in [1.54, 1.807) is 11.3 Å². The summed E-state index contributed by atoms with van der Waals surface area (Å²) in [7, 11) is 0. The highest BCUT2D eigenvalue weighted by atomic mass is 35.5. The number of likely N-dealkylation sites (tertiary alicyclic amines) is 1. The minimum atomic E-state index is -0.428. The fourth-order valence-corrected chi connectivity index (χ4v) is 3.85. The van der Waals surface area contributed by atoms with Gasteiger partial charge in [0.25, 0.3) is 0 Å². The topological polar surface area (TPSA) is 49.4 Å². The van der Waals surface area contributed by atoms with Gasteiger partial charge < -0.3 is 10.2 Å². The molecule has 1 aromatic heterocycles. The number of nitrogens with zero attached hydrogens (tertiary/aromatic N) is 1. The van der Waals surface area contributed by atoms with Crippen molar-refractivity contribution >= 4 is 34.8 Å². The molecule has 0 bridgehead atoms. The zero-order valence-electron chi connectivity index (χ0n) is 13.9. The minimum Gasteiger partial charge on any atom is -0.344 e. The standard InChI is InChI=1S/C19H21ClN2O2S/c20-15-8-6-14(7-9-15)13-22-10-2-1-5-17(19(22)24)21-18(23)12-16-4-3-11-25-16/h3-4,6-9,11,17H,1-2,5,10,12-13H2,(H,21,23). The Morgan fingerprint density at radius 2 is 2.04 bits per heavy atom. The van der Waals surface area contributed by atoms with E-state index in [2.05, 4.69) is 5.32 Å². The van der Waals surface area contributed by atoms with E-state index in [1.807, 2.05) is 46.7 Å². The number of rotatable bonds is 5. The molecule has 132 valence electrons. The molecule has 1 atom stereocenters. The Kier molecular flexibility index (Phi) is 6.10. The molecule has 1 fully saturated rings. The molecular weight excluding hydrogens is 356 g/mol. The molecule has 1 aromatic carbocycles. The lowest BCUT2D eigenvalue weighted by atomic mass is 10.1. The zero-order valence-corrected chi connectivity index (χ0v) is 15.5. The molecule has 0 aliphatic carbocycles. The number of hydrogen-bond acceptors (Lipinski definition) is 3. The number of benzene rings is 1. The summed E-state index contributed by atoms with van der Waals surface area (Å²) in [6, 6.07) is 11.0. The van der Waals surface area contributed by atoms with Gasteiger partial charge in [0, 0.05) is 23.0 Å². The van der Waals surface area contributed by atoms with E-state index in [1.165, 1.54) is 0 Å². The summed E-state index contributed by atoms with van der Waals surface area (Å²) in [5, 5.41) is 5.56. The number of carbonyl (C=O) groups is 2. The Morgan fingerprint density at radius 3 is 2.76 bits per heavy atom. The van der Waals surface area contributed by atoms with Gasteiger partial charge in [-0.3, -0.25) is 9.59 Å². The molecule has 25 heavy (non-hydrogen) atoms. The van der Waals surface area contributed by atoms with Crippen LogP contribution in [-0.2, 0) is 22.6 Å². The fourth-order valence-electron chi connectivity index (χ4n) is 3.02. The number of amides is 2. The third-order valence-electron chi connectivity index (χ3n) is 4.32. The molecule has 1 unspecified atom stereocenters. The van der Waals surface area contributed by atoms with E-state index < -0.39 is 6.04 Å². The van der Waals surface area contributed by atoms with Gasteiger partial charge in [0.15, 0.2) is 0 Å². The van der Waals surface area contributed by atoms with Crippen molar-refractivity contribution in [2.75, 3.05) is 6.54 Å². The first-order valence-corrected chi connectivity index (χ1v) is 9.72. The van der Waals surface area contributed by atoms with Crippen LogP contribution in [0.25, 0.3) is 0 Å². The van der Waals surface area contributed by atoms with E-state index in [0.29, 0.717) is 24.4 Å². The van der Waals surface area contributed by atoms with Gasteiger partial charge >= 0.3 is 0 Å². The second-order valence-corrected chi connectivity index (χ2v) is 7.73. The zero-order chi connectivity index (χ0) is 17.6. The lowest BCUT2D eigenvalue weighted by Gasteiger charge is -2.25. The first-order valence-electron chi connectivity index (χ1n) is 8.47. The van der Waals surface area contributed by atoms with Crippen molar-refractivity contribution in [2.24, 2.45) is 0 Å². The molecule has 1 aliphatic heterocycles. The number of halogens is 1. The second kappa shape index (κ2) is 8.50. The predicted molar refractivity (Wildman–Crippen MR) is 101 cm³/mol. The van der Waals surface area contributed by atoms with Crippen LogP contribution < -0.4 is 5.32 Å². The molecule has 1 aliphatic rings. The Bertz CT molecular complexity index is 716. The maximum atomic E-state index is 12.8. The molecule has 0 spiro atoms. The van der Waals surface area contributed by atoms with Crippen molar-refractivity contribution in [3.63, 3.8) is 0 Å². The molecule has 2 heterocycles. The normalized spacial score (nSPS) is 18.0. The average Bonchev–Trinajstić information content (AvgIpc) is 3.04. The predicted octanol–water partition coefficient (Wildman–Crippen LogP) is 3.64. The number of carbonyl (C=O) groups excluding carboxylic acids is 2. The molecule has 0 saturated carbocycles. The third kappa shape index (κ3) is 5.06. The van der Waals surface area contributed by atoms with Crippen molar-refractivity contribution in [3.8, 4) is 0 Å². The van der Waals surface area contributed by atoms with Crippen LogP contribution in [0, 0.1) is 0 Å². The Hall–Kier alpha value is -1.85. The smallest absolute Gasteiger partial charge is 0.245 e. The quantitative estimate of drug-likeness (QED) is 0.866. The summed E-state index contributed by atoms with van der Waals surface area (Å²) in [4.78, 5) is 27.9. The van der Waals surface area contributed by atoms with Crippen molar-refractivity contribution in [3.05, 3.63) is 57.2 Å². The van der Waals surface area contributed by atoms with Crippen LogP contribution in [0.2, 0.25) is 5.02 Å². The maximum Gasteiger partial charge on any atom is 0.245 e. The molecule has 2 aromatic rings. The van der Waals surface area contributed by atoms with Gasteiger partial charge in [-0.05, 0) is 48.4 Å². The third-order valence-corrected chi connectivity index (χ3v) is 5.45. The van der Waals surface area contributed by atoms with Gasteiger partial charge in [-0.15, -0.1) is 11.3 Å². The summed E-state index contributed by atoms with van der Waals surface area (Å²) in [5.74, 6) is -0.0823. The molecule has 1 saturated heterocycles. The number of nitrogens with one attached hydrogen (secondary N) is 1. The van der Waals surface area contributed by atoms with Crippen LogP contribution >= 0.6 is 22.9 Å². The molecular formula is C19H21ClN2O2S. The summed E-state index contributed by atoms with van der Waals surface area (Å²) < 4.78 is 0. The molecule has 3 rings (SSSR count). The van der Waals surface area contributed by atoms with Gasteiger partial charge in [0.05, 0.1) is 6.42 Å². The highest BCUT2D eigenvalue weighted by Gasteiger charge is 2.28. The molecule has 6 heteroatoms. The highest BCUT2D eigenvalue weighted by Crippen LogP contribution is 2.17. The van der Waals surface area contributed by atoms with Gasteiger partial charge in [-0.1, -0.05) is 29.8 Å². The monoisotopic (exact) mass is 376 g/mol. The van der Waals surface area contributed by atoms with E-state index in [9.17, 15) is 9.59 Å². The molecule has 0 radical (unpaired) electrons. The lowest BCUT2D eigenvalue weighted by molar-refractivity contribution is -0.136. The van der Waals surface area contributed by atoms with Gasteiger partial charge in [-0.2, -0.15) is 0 Å². The molecule has 2 amide bonds. The van der Waals surface area contributed by atoms with Gasteiger partial charge in [0.1, 0.15) is 6.04 Å². The summed E-state index contributed by atoms with van der Waals surface area (Å²) in [6.07, 6.45) is 2.92. The SMILES string of the molecule is O=C(Cc1cccs1)NC1CCCCN(Cc2ccc(Cl)cc2)C1=O. The van der Waals surface area contributed by atoms with Crippen LogP contribution in [0.4, 0.5) is 0 Å². The summed E-state index contributed by atoms with van der Waals surface area (Å²) in [5.41, 5.74) is 1.04. The Morgan fingerprint density at radius 1 is 1.24 bits per heavy atom. The van der Waals surface area contributed by atoms with E-state index >= 15 is 0 Å². The second-order valence-electron chi connectivity index (χ2n) is 6.26. The first-order chi connectivity index (χ1) is 12.1. The Balaban J connectivity index is 1.62. The molecule has 1 N–H and O–H groups in total. The van der Waals surface area contributed by atoms with Crippen molar-refractivity contribution in [1.82, 2.24) is 10.2 Å². The number of thiophene rings is 1. The van der Waals surface area contributed by atoms with Crippen molar-refractivity contribution < 1.29 is 9.59 Å². The summed E-state index contributed by atoms with van der Waals surface area (Å²) in [6.45, 7) is 1.27. The van der Waals surface area contributed by atoms with E-state index in [0.717, 1.165) is 29.8 Å². The van der Waals surface area contributed by atoms with Crippen LogP contribution in [-0.4, -0.2) is 29.3 Å². The van der Waals surface area contributed by atoms with Crippen LogP contribution in [0.3, 0.4) is 0 Å². The van der Waals surface area contributed by atoms with Gasteiger partial charge in [0.2, 0.25) is 11.8 Å². The van der Waals surface area contributed by atoms with Crippen molar-refractivity contribution in [1.29, 1.82) is 0 Å². The van der Waals surface area contributed by atoms with Gasteiger partial charge in [-0.25, -0.2) is 0 Å². The minimum absolute atomic E-state index is 0.00646. The lowest BCUT2D eigenvalue weighted by Crippen LogP contribution is -2.47. The number of hydrogen-bond donors (Lipinski definition) is 1. The van der Waals surface area contributed by atoms with Crippen molar-refractivity contribution in [2.45, 2.75) is 38.3 Å². The Labute approximate surface area is 156 Å². The van der Waals surface area contributed by atoms with E-state index in [4.69, 9.17) is 11.6 Å². The van der Waals surface area contributed by atoms with Crippen LogP contribution in [0.15, 0.2) is 41.8 Å². The maximum absolute atomic E-state index is 12.8. The highest BCUT2D eigenvalue weighted by molar-refractivity contribution is 7.10. The van der Waals surface area contributed by atoms with E-state index in [-0.39, 0.29) is 11.8 Å². The fraction of sp³-hybridized carbons (Fsp3) is 0.368. The van der Waals surface area contributed by atoms with Crippen LogP contribution in [0.1, 0.15) is 29.7 Å². The van der Waals surface area contributed by atoms with Crippen LogP contribution in [0.5, 0.6) is 0 Å². The summed E-state index contributed by atoms with van der Waals surface area (Å²) >= 11 is 7.48.